The molecule has 0 spiro atoms. The first kappa shape index (κ1) is 11.0. The monoisotopic (exact) mass is 209 g/mol. The Morgan fingerprint density at radius 2 is 2.07 bits per heavy atom. The molecule has 0 aliphatic rings. The van der Waals surface area contributed by atoms with Crippen LogP contribution in [0.3, 0.4) is 0 Å². The van der Waals surface area contributed by atoms with E-state index < -0.39 is 12.1 Å². The second-order valence-corrected chi connectivity index (χ2v) is 2.95. The second-order valence-electron chi connectivity index (χ2n) is 2.95. The highest BCUT2D eigenvalue weighted by Gasteiger charge is 2.07. The van der Waals surface area contributed by atoms with Gasteiger partial charge in [0.25, 0.3) is 0 Å². The Balaban J connectivity index is 2.93. The predicted molar refractivity (Wildman–Crippen MR) is 54.2 cm³/mol. The van der Waals surface area contributed by atoms with Gasteiger partial charge in [-0.2, -0.15) is 0 Å². The summed E-state index contributed by atoms with van der Waals surface area (Å²) < 4.78 is 4.42. The number of amides is 1. The first-order valence-corrected chi connectivity index (χ1v) is 4.23. The van der Waals surface area contributed by atoms with Crippen molar-refractivity contribution in [3.8, 4) is 0 Å². The summed E-state index contributed by atoms with van der Waals surface area (Å²) in [6.45, 7) is 1.71. The third-order valence-corrected chi connectivity index (χ3v) is 1.90. The molecule has 0 heterocycles. The maximum Gasteiger partial charge on any atom is 0.411 e. The summed E-state index contributed by atoms with van der Waals surface area (Å²) in [5.41, 5.74) is 1.38. The molecular weight excluding hydrogens is 198 g/mol. The van der Waals surface area contributed by atoms with E-state index in [1.54, 1.807) is 6.92 Å². The number of hydrogen-bond acceptors (Lipinski definition) is 3. The number of benzene rings is 1. The molecule has 1 rings (SSSR count). The van der Waals surface area contributed by atoms with Gasteiger partial charge in [-0.05, 0) is 30.7 Å². The molecular formula is C10H11NO4. The first-order chi connectivity index (χ1) is 7.04. The minimum atomic E-state index is -0.997. The summed E-state index contributed by atoms with van der Waals surface area (Å²) in [6, 6.07) is 4.42. The van der Waals surface area contributed by atoms with Crippen LogP contribution >= 0.6 is 0 Å². The molecule has 15 heavy (non-hydrogen) atoms. The standard InChI is InChI=1S/C10H11NO4/c1-6-5-7(9(12)13)3-4-8(6)11-10(14)15-2/h3-5H,1-2H3,(H,11,14)(H,12,13). The highest BCUT2D eigenvalue weighted by Crippen LogP contribution is 2.16. The molecule has 5 nitrogen and oxygen atoms in total. The van der Waals surface area contributed by atoms with Gasteiger partial charge in [-0.3, -0.25) is 5.32 Å². The molecule has 0 bridgehead atoms. The van der Waals surface area contributed by atoms with Crippen molar-refractivity contribution in [1.29, 1.82) is 0 Å². The lowest BCUT2D eigenvalue weighted by atomic mass is 10.1. The predicted octanol–water partition coefficient (Wildman–Crippen LogP) is 1.87. The van der Waals surface area contributed by atoms with Gasteiger partial charge >= 0.3 is 12.1 Å². The van der Waals surface area contributed by atoms with E-state index in [4.69, 9.17) is 5.11 Å². The van der Waals surface area contributed by atoms with Crippen molar-refractivity contribution < 1.29 is 19.4 Å². The Hall–Kier alpha value is -2.04. The Morgan fingerprint density at radius 3 is 2.53 bits per heavy atom. The fraction of sp³-hybridized carbons (Fsp3) is 0.200. The number of methoxy groups -OCH3 is 1. The zero-order valence-corrected chi connectivity index (χ0v) is 8.40. The van der Waals surface area contributed by atoms with E-state index in [1.807, 2.05) is 0 Å². The third-order valence-electron chi connectivity index (χ3n) is 1.90. The molecule has 0 fully saturated rings. The van der Waals surface area contributed by atoms with Crippen LogP contribution in [0.2, 0.25) is 0 Å². The molecule has 0 aromatic heterocycles. The van der Waals surface area contributed by atoms with Crippen molar-refractivity contribution in [3.63, 3.8) is 0 Å². The van der Waals surface area contributed by atoms with Crippen molar-refractivity contribution in [2.24, 2.45) is 0 Å². The van der Waals surface area contributed by atoms with Gasteiger partial charge in [-0.25, -0.2) is 9.59 Å². The van der Waals surface area contributed by atoms with E-state index in [2.05, 4.69) is 10.1 Å². The lowest BCUT2D eigenvalue weighted by Gasteiger charge is -2.07. The van der Waals surface area contributed by atoms with Crippen molar-refractivity contribution in [2.75, 3.05) is 12.4 Å². The second kappa shape index (κ2) is 4.45. The van der Waals surface area contributed by atoms with Crippen LogP contribution in [0.4, 0.5) is 10.5 Å². The minimum Gasteiger partial charge on any atom is -0.478 e. The molecule has 2 N–H and O–H groups in total. The zero-order chi connectivity index (χ0) is 11.4. The summed E-state index contributed by atoms with van der Waals surface area (Å²) in [7, 11) is 1.26. The van der Waals surface area contributed by atoms with Crippen LogP contribution in [0, 0.1) is 6.92 Å². The molecule has 5 heteroatoms. The van der Waals surface area contributed by atoms with Gasteiger partial charge in [-0.1, -0.05) is 0 Å². The number of nitrogens with one attached hydrogen (secondary N) is 1. The van der Waals surface area contributed by atoms with Crippen LogP contribution in [0.5, 0.6) is 0 Å². The average Bonchev–Trinajstić information content (AvgIpc) is 2.20. The molecule has 0 unspecified atom stereocenters. The van der Waals surface area contributed by atoms with E-state index in [9.17, 15) is 9.59 Å². The smallest absolute Gasteiger partial charge is 0.411 e. The summed E-state index contributed by atoms with van der Waals surface area (Å²) in [5, 5.41) is 11.2. The molecule has 0 saturated heterocycles. The van der Waals surface area contributed by atoms with Gasteiger partial charge in [-0.15, -0.1) is 0 Å². The Morgan fingerprint density at radius 1 is 1.40 bits per heavy atom. The molecule has 1 aromatic carbocycles. The lowest BCUT2D eigenvalue weighted by Crippen LogP contribution is -2.12. The number of anilines is 1. The van der Waals surface area contributed by atoms with Gasteiger partial charge in [0.05, 0.1) is 12.7 Å². The Kier molecular flexibility index (Phi) is 3.28. The number of carbonyl (C=O) groups excluding carboxylic acids is 1. The van der Waals surface area contributed by atoms with E-state index in [-0.39, 0.29) is 5.56 Å². The number of rotatable bonds is 2. The highest BCUT2D eigenvalue weighted by molar-refractivity contribution is 5.90. The van der Waals surface area contributed by atoms with Gasteiger partial charge in [0.2, 0.25) is 0 Å². The normalized spacial score (nSPS) is 9.47. The van der Waals surface area contributed by atoms with E-state index >= 15 is 0 Å². The van der Waals surface area contributed by atoms with Gasteiger partial charge in [0.15, 0.2) is 0 Å². The molecule has 0 saturated carbocycles. The fourth-order valence-corrected chi connectivity index (χ4v) is 1.10. The van der Waals surface area contributed by atoms with Crippen LogP contribution < -0.4 is 5.32 Å². The van der Waals surface area contributed by atoms with Crippen molar-refractivity contribution in [1.82, 2.24) is 0 Å². The maximum absolute atomic E-state index is 10.9. The number of carboxylic acid groups (broad SMARTS) is 1. The van der Waals surface area contributed by atoms with Gasteiger partial charge in [0, 0.05) is 5.69 Å². The SMILES string of the molecule is COC(=O)Nc1ccc(C(=O)O)cc1C. The molecule has 0 aliphatic heterocycles. The number of ether oxygens (including phenoxy) is 1. The Labute approximate surface area is 86.7 Å². The molecule has 0 atom stereocenters. The van der Waals surface area contributed by atoms with E-state index in [1.165, 1.54) is 25.3 Å². The largest absolute Gasteiger partial charge is 0.478 e. The van der Waals surface area contributed by atoms with Crippen LogP contribution in [0.1, 0.15) is 15.9 Å². The average molecular weight is 209 g/mol. The number of hydrogen-bond donors (Lipinski definition) is 2. The van der Waals surface area contributed by atoms with Crippen LogP contribution in [0.25, 0.3) is 0 Å². The molecule has 0 radical (unpaired) electrons. The number of aryl methyl sites for hydroxylation is 1. The highest BCUT2D eigenvalue weighted by atomic mass is 16.5. The molecule has 1 amide bonds. The summed E-state index contributed by atoms with van der Waals surface area (Å²) in [4.78, 5) is 21.5. The van der Waals surface area contributed by atoms with Crippen molar-refractivity contribution in [3.05, 3.63) is 29.3 Å². The minimum absolute atomic E-state index is 0.183. The molecule has 80 valence electrons. The van der Waals surface area contributed by atoms with Crippen LogP contribution in [-0.2, 0) is 4.74 Å². The fourth-order valence-electron chi connectivity index (χ4n) is 1.10. The summed E-state index contributed by atoms with van der Waals surface area (Å²) >= 11 is 0. The summed E-state index contributed by atoms with van der Waals surface area (Å²) in [5.74, 6) is -0.997. The van der Waals surface area contributed by atoms with Gasteiger partial charge < -0.3 is 9.84 Å². The topological polar surface area (TPSA) is 75.6 Å². The third kappa shape index (κ3) is 2.70. The number of carboxylic acids is 1. The van der Waals surface area contributed by atoms with Gasteiger partial charge in [0.1, 0.15) is 0 Å². The quantitative estimate of drug-likeness (QED) is 0.779. The Bertz CT molecular complexity index is 400. The van der Waals surface area contributed by atoms with E-state index in [0.29, 0.717) is 11.3 Å². The number of carbonyl (C=O) groups is 2. The first-order valence-electron chi connectivity index (χ1n) is 4.23. The van der Waals surface area contributed by atoms with Crippen LogP contribution in [-0.4, -0.2) is 24.3 Å². The van der Waals surface area contributed by atoms with Crippen molar-refractivity contribution >= 4 is 17.7 Å². The molecule has 0 aliphatic carbocycles. The summed E-state index contributed by atoms with van der Waals surface area (Å²) in [6.07, 6.45) is -0.582. The molecule has 1 aromatic rings. The van der Waals surface area contributed by atoms with Crippen molar-refractivity contribution in [2.45, 2.75) is 6.92 Å². The lowest BCUT2D eigenvalue weighted by molar-refractivity contribution is 0.0697. The number of aromatic carboxylic acids is 1. The maximum atomic E-state index is 10.9. The van der Waals surface area contributed by atoms with Crippen LogP contribution in [0.15, 0.2) is 18.2 Å². The zero-order valence-electron chi connectivity index (χ0n) is 8.40. The van der Waals surface area contributed by atoms with E-state index in [0.717, 1.165) is 0 Å².